The summed E-state index contributed by atoms with van der Waals surface area (Å²) in [5, 5.41) is 5.78. The maximum atomic E-state index is 13.2. The third-order valence-corrected chi connectivity index (χ3v) is 7.76. The first-order valence-electron chi connectivity index (χ1n) is 11.1. The average Bonchev–Trinajstić information content (AvgIpc) is 2.83. The molecule has 1 aliphatic heterocycles. The summed E-state index contributed by atoms with van der Waals surface area (Å²) in [5.41, 5.74) is 1.40. The third-order valence-electron chi connectivity index (χ3n) is 5.88. The maximum absolute atomic E-state index is 13.2. The fourth-order valence-electron chi connectivity index (χ4n) is 3.65. The van der Waals surface area contributed by atoms with Crippen molar-refractivity contribution in [3.8, 4) is 0 Å². The van der Waals surface area contributed by atoms with Gasteiger partial charge in [-0.05, 0) is 68.1 Å². The molecule has 2 aromatic rings. The van der Waals surface area contributed by atoms with Gasteiger partial charge in [0.25, 0.3) is 5.91 Å². The molecular weight excluding hydrogens is 445 g/mol. The summed E-state index contributed by atoms with van der Waals surface area (Å²) in [6, 6.07) is 11.8. The van der Waals surface area contributed by atoms with Gasteiger partial charge < -0.3 is 10.6 Å². The van der Waals surface area contributed by atoms with Crippen LogP contribution in [0.5, 0.6) is 0 Å². The molecule has 0 radical (unpaired) electrons. The molecule has 0 bridgehead atoms. The van der Waals surface area contributed by atoms with E-state index in [1.165, 1.54) is 16.4 Å². The van der Waals surface area contributed by atoms with E-state index in [-0.39, 0.29) is 35.8 Å². The lowest BCUT2D eigenvalue weighted by atomic mass is 9.98. The number of carbonyl (C=O) groups excluding carboxylic acids is 2. The summed E-state index contributed by atoms with van der Waals surface area (Å²) < 4.78 is 40.2. The van der Waals surface area contributed by atoms with Crippen LogP contribution in [0.1, 0.15) is 49.0 Å². The van der Waals surface area contributed by atoms with Crippen molar-refractivity contribution in [2.24, 2.45) is 5.92 Å². The van der Waals surface area contributed by atoms with Gasteiger partial charge in [-0.15, -0.1) is 0 Å². The average molecular weight is 476 g/mol. The van der Waals surface area contributed by atoms with Crippen molar-refractivity contribution < 1.29 is 22.4 Å². The molecule has 2 atom stereocenters. The second-order valence-electron chi connectivity index (χ2n) is 8.35. The summed E-state index contributed by atoms with van der Waals surface area (Å²) in [6.45, 7) is 4.64. The highest BCUT2D eigenvalue weighted by Crippen LogP contribution is 2.24. The minimum atomic E-state index is -3.79. The minimum Gasteiger partial charge on any atom is -0.352 e. The molecule has 2 aromatic carbocycles. The van der Waals surface area contributed by atoms with E-state index in [1.807, 2.05) is 13.8 Å². The Morgan fingerprint density at radius 2 is 1.79 bits per heavy atom. The van der Waals surface area contributed by atoms with E-state index in [0.717, 1.165) is 24.1 Å². The summed E-state index contributed by atoms with van der Waals surface area (Å²) in [4.78, 5) is 24.9. The van der Waals surface area contributed by atoms with Crippen LogP contribution in [0.15, 0.2) is 53.4 Å². The molecule has 0 aromatic heterocycles. The van der Waals surface area contributed by atoms with Crippen molar-refractivity contribution in [2.45, 2.75) is 50.6 Å². The highest BCUT2D eigenvalue weighted by molar-refractivity contribution is 7.89. The summed E-state index contributed by atoms with van der Waals surface area (Å²) in [6.07, 6.45) is 2.01. The fraction of sp³-hybridized carbons (Fsp3) is 0.417. The van der Waals surface area contributed by atoms with Crippen molar-refractivity contribution >= 4 is 21.8 Å². The lowest BCUT2D eigenvalue weighted by molar-refractivity contribution is -0.126. The molecule has 178 valence electrons. The van der Waals surface area contributed by atoms with Crippen LogP contribution in [0.3, 0.4) is 0 Å². The van der Waals surface area contributed by atoms with Gasteiger partial charge in [-0.2, -0.15) is 4.31 Å². The number of halogens is 1. The summed E-state index contributed by atoms with van der Waals surface area (Å²) in [7, 11) is -3.79. The van der Waals surface area contributed by atoms with Crippen molar-refractivity contribution in [3.63, 3.8) is 0 Å². The normalized spacial score (nSPS) is 17.8. The zero-order valence-electron chi connectivity index (χ0n) is 18.9. The van der Waals surface area contributed by atoms with Gasteiger partial charge in [0.2, 0.25) is 15.9 Å². The first kappa shape index (κ1) is 24.9. The smallest absolute Gasteiger partial charge is 0.251 e. The van der Waals surface area contributed by atoms with Crippen LogP contribution in [0.4, 0.5) is 4.39 Å². The topological polar surface area (TPSA) is 95.6 Å². The second-order valence-corrected chi connectivity index (χ2v) is 10.3. The molecule has 2 N–H and O–H groups in total. The van der Waals surface area contributed by atoms with Gasteiger partial charge in [0, 0.05) is 31.2 Å². The van der Waals surface area contributed by atoms with Crippen molar-refractivity contribution in [1.29, 1.82) is 0 Å². The number of nitrogens with zero attached hydrogens (tertiary/aromatic N) is 1. The SMILES string of the molecule is CC[C@H](C)NC(=O)c1ccc(CNC(=O)[C@@H]2CCCN(S(=O)(=O)c3ccc(F)cc3)C2)cc1. The Bertz CT molecular complexity index is 1070. The molecule has 2 amide bonds. The molecule has 1 fully saturated rings. The lowest BCUT2D eigenvalue weighted by Crippen LogP contribution is -2.45. The molecule has 0 spiro atoms. The molecule has 0 saturated carbocycles. The molecule has 1 heterocycles. The minimum absolute atomic E-state index is 0.0161. The zero-order chi connectivity index (χ0) is 24.0. The molecule has 3 rings (SSSR count). The Hall–Kier alpha value is -2.78. The van der Waals surface area contributed by atoms with Crippen molar-refractivity contribution in [3.05, 3.63) is 65.5 Å². The standard InChI is InChI=1S/C24H30FN3O4S/c1-3-17(2)27-24(30)19-8-6-18(7-9-19)15-26-23(29)20-5-4-14-28(16-20)33(31,32)22-12-10-21(25)11-13-22/h6-13,17,20H,3-5,14-16H2,1-2H3,(H,26,29)(H,27,30)/t17-,20+/m0/s1. The number of amides is 2. The van der Waals surface area contributed by atoms with E-state index in [4.69, 9.17) is 0 Å². The summed E-state index contributed by atoms with van der Waals surface area (Å²) >= 11 is 0. The van der Waals surface area contributed by atoms with Crippen LogP contribution in [0.25, 0.3) is 0 Å². The second kappa shape index (κ2) is 10.9. The molecule has 0 unspecified atom stereocenters. The number of carbonyl (C=O) groups is 2. The molecule has 9 heteroatoms. The van der Waals surface area contributed by atoms with Gasteiger partial charge in [0.15, 0.2) is 0 Å². The van der Waals surface area contributed by atoms with E-state index in [0.29, 0.717) is 24.9 Å². The lowest BCUT2D eigenvalue weighted by Gasteiger charge is -2.31. The third kappa shape index (κ3) is 6.39. The highest BCUT2D eigenvalue weighted by Gasteiger charge is 2.33. The first-order chi connectivity index (χ1) is 15.7. The van der Waals surface area contributed by atoms with Crippen LogP contribution in [-0.2, 0) is 21.4 Å². The van der Waals surface area contributed by atoms with Gasteiger partial charge >= 0.3 is 0 Å². The Morgan fingerprint density at radius 1 is 1.12 bits per heavy atom. The van der Waals surface area contributed by atoms with Crippen LogP contribution < -0.4 is 10.6 Å². The molecule has 33 heavy (non-hydrogen) atoms. The van der Waals surface area contributed by atoms with Crippen LogP contribution in [-0.4, -0.2) is 43.7 Å². The number of rotatable bonds is 8. The van der Waals surface area contributed by atoms with Gasteiger partial charge in [-0.3, -0.25) is 9.59 Å². The molecule has 1 saturated heterocycles. The van der Waals surface area contributed by atoms with E-state index >= 15 is 0 Å². The van der Waals surface area contributed by atoms with Gasteiger partial charge in [0.1, 0.15) is 5.82 Å². The first-order valence-corrected chi connectivity index (χ1v) is 12.6. The number of hydrogen-bond acceptors (Lipinski definition) is 4. The molecule has 0 aliphatic carbocycles. The van der Waals surface area contributed by atoms with E-state index < -0.39 is 21.8 Å². The number of nitrogens with one attached hydrogen (secondary N) is 2. The van der Waals surface area contributed by atoms with Crippen molar-refractivity contribution in [1.82, 2.24) is 14.9 Å². The summed E-state index contributed by atoms with van der Waals surface area (Å²) in [5.74, 6) is -1.32. The Labute approximate surface area is 194 Å². The van der Waals surface area contributed by atoms with Crippen molar-refractivity contribution in [2.75, 3.05) is 13.1 Å². The predicted octanol–water partition coefficient (Wildman–Crippen LogP) is 3.07. The molecular formula is C24H30FN3O4S. The number of piperidine rings is 1. The molecule has 7 nitrogen and oxygen atoms in total. The Morgan fingerprint density at radius 3 is 2.42 bits per heavy atom. The quantitative estimate of drug-likeness (QED) is 0.613. The predicted molar refractivity (Wildman–Crippen MR) is 123 cm³/mol. The number of sulfonamides is 1. The fourth-order valence-corrected chi connectivity index (χ4v) is 5.17. The van der Waals surface area contributed by atoms with Gasteiger partial charge in [-0.1, -0.05) is 19.1 Å². The van der Waals surface area contributed by atoms with Crippen LogP contribution in [0.2, 0.25) is 0 Å². The van der Waals surface area contributed by atoms with E-state index in [1.54, 1.807) is 24.3 Å². The van der Waals surface area contributed by atoms with Gasteiger partial charge in [-0.25, -0.2) is 12.8 Å². The van der Waals surface area contributed by atoms with Crippen LogP contribution in [0, 0.1) is 11.7 Å². The number of benzene rings is 2. The number of hydrogen-bond donors (Lipinski definition) is 2. The Kier molecular flexibility index (Phi) is 8.20. The van der Waals surface area contributed by atoms with E-state index in [9.17, 15) is 22.4 Å². The van der Waals surface area contributed by atoms with E-state index in [2.05, 4.69) is 10.6 Å². The monoisotopic (exact) mass is 475 g/mol. The largest absolute Gasteiger partial charge is 0.352 e. The highest BCUT2D eigenvalue weighted by atomic mass is 32.2. The maximum Gasteiger partial charge on any atom is 0.251 e. The Balaban J connectivity index is 1.56. The van der Waals surface area contributed by atoms with Gasteiger partial charge in [0.05, 0.1) is 10.8 Å². The molecule has 1 aliphatic rings. The van der Waals surface area contributed by atoms with Crippen LogP contribution >= 0.6 is 0 Å². The zero-order valence-corrected chi connectivity index (χ0v) is 19.7.